The Morgan fingerprint density at radius 2 is 2.19 bits per heavy atom. The average Bonchev–Trinajstić information content (AvgIpc) is 2.91. The molecule has 0 aliphatic carbocycles. The number of carbonyl (C=O) groups excluding carboxylic acids is 1. The van der Waals surface area contributed by atoms with Gasteiger partial charge in [-0.1, -0.05) is 6.07 Å². The molecule has 5 nitrogen and oxygen atoms in total. The first-order valence-corrected chi connectivity index (χ1v) is 9.06. The molecule has 1 unspecified atom stereocenters. The number of benzene rings is 1. The molecule has 0 aromatic heterocycles. The Hall–Kier alpha value is -1.40. The van der Waals surface area contributed by atoms with E-state index >= 15 is 0 Å². The summed E-state index contributed by atoms with van der Waals surface area (Å²) in [6.45, 7) is 4.49. The summed E-state index contributed by atoms with van der Waals surface area (Å²) in [7, 11) is -3.30. The van der Waals surface area contributed by atoms with Gasteiger partial charge in [0, 0.05) is 18.4 Å². The Morgan fingerprint density at radius 3 is 2.81 bits per heavy atom. The van der Waals surface area contributed by atoms with Gasteiger partial charge in [0.05, 0.1) is 4.90 Å². The van der Waals surface area contributed by atoms with E-state index in [2.05, 4.69) is 10.6 Å². The van der Waals surface area contributed by atoms with Crippen LogP contribution in [0.2, 0.25) is 0 Å². The van der Waals surface area contributed by atoms with Crippen LogP contribution < -0.4 is 10.6 Å². The van der Waals surface area contributed by atoms with Crippen LogP contribution in [0.25, 0.3) is 0 Å². The van der Waals surface area contributed by atoms with Gasteiger partial charge in [-0.3, -0.25) is 4.79 Å². The second kappa shape index (κ2) is 6.58. The van der Waals surface area contributed by atoms with Crippen LogP contribution in [0, 0.1) is 12.8 Å². The highest BCUT2D eigenvalue weighted by molar-refractivity contribution is 7.90. The second-order valence-electron chi connectivity index (χ2n) is 5.65. The number of nitrogens with one attached hydrogen (secondary N) is 2. The first-order chi connectivity index (χ1) is 9.88. The zero-order valence-corrected chi connectivity index (χ0v) is 13.3. The van der Waals surface area contributed by atoms with E-state index in [1.54, 1.807) is 6.07 Å². The first-order valence-electron chi connectivity index (χ1n) is 7.17. The normalized spacial score (nSPS) is 18.7. The monoisotopic (exact) mass is 310 g/mol. The van der Waals surface area contributed by atoms with Crippen molar-refractivity contribution in [2.45, 2.75) is 24.7 Å². The summed E-state index contributed by atoms with van der Waals surface area (Å²) in [6.07, 6.45) is 3.24. The summed E-state index contributed by atoms with van der Waals surface area (Å²) >= 11 is 0. The van der Waals surface area contributed by atoms with E-state index in [0.29, 0.717) is 18.0 Å². The van der Waals surface area contributed by atoms with E-state index in [-0.39, 0.29) is 10.8 Å². The van der Waals surface area contributed by atoms with Gasteiger partial charge < -0.3 is 10.6 Å². The smallest absolute Gasteiger partial charge is 0.251 e. The lowest BCUT2D eigenvalue weighted by Crippen LogP contribution is -2.27. The van der Waals surface area contributed by atoms with Crippen LogP contribution in [0.15, 0.2) is 23.1 Å². The van der Waals surface area contributed by atoms with Gasteiger partial charge in [0.25, 0.3) is 5.91 Å². The second-order valence-corrected chi connectivity index (χ2v) is 7.67. The van der Waals surface area contributed by atoms with Crippen LogP contribution in [0.5, 0.6) is 0 Å². The van der Waals surface area contributed by atoms with E-state index in [9.17, 15) is 13.2 Å². The maximum Gasteiger partial charge on any atom is 0.251 e. The number of carbonyl (C=O) groups is 1. The van der Waals surface area contributed by atoms with Crippen molar-refractivity contribution in [2.24, 2.45) is 5.92 Å². The highest BCUT2D eigenvalue weighted by Crippen LogP contribution is 2.16. The van der Waals surface area contributed by atoms with Crippen LogP contribution >= 0.6 is 0 Å². The Bertz CT molecular complexity index is 620. The quantitative estimate of drug-likeness (QED) is 0.855. The summed E-state index contributed by atoms with van der Waals surface area (Å²) in [5, 5.41) is 6.18. The van der Waals surface area contributed by atoms with Crippen molar-refractivity contribution in [3.63, 3.8) is 0 Å². The molecule has 1 aliphatic rings. The van der Waals surface area contributed by atoms with E-state index in [0.717, 1.165) is 37.8 Å². The van der Waals surface area contributed by atoms with Gasteiger partial charge in [0.1, 0.15) is 0 Å². The molecule has 1 saturated heterocycles. The van der Waals surface area contributed by atoms with Gasteiger partial charge in [0.15, 0.2) is 9.84 Å². The number of hydrogen-bond donors (Lipinski definition) is 2. The van der Waals surface area contributed by atoms with Crippen LogP contribution in [0.1, 0.15) is 28.8 Å². The van der Waals surface area contributed by atoms with Crippen LogP contribution in [0.4, 0.5) is 0 Å². The molecule has 2 N–H and O–H groups in total. The third-order valence-electron chi connectivity index (χ3n) is 3.88. The third-order valence-corrected chi connectivity index (χ3v) is 4.99. The van der Waals surface area contributed by atoms with Crippen LogP contribution in [-0.2, 0) is 9.84 Å². The van der Waals surface area contributed by atoms with E-state index in [1.807, 2.05) is 6.92 Å². The molecule has 0 saturated carbocycles. The van der Waals surface area contributed by atoms with Crippen LogP contribution in [-0.4, -0.2) is 40.2 Å². The molecule has 1 heterocycles. The van der Waals surface area contributed by atoms with Crippen molar-refractivity contribution >= 4 is 15.7 Å². The van der Waals surface area contributed by atoms with E-state index < -0.39 is 9.84 Å². The molecule has 6 heteroatoms. The SMILES string of the molecule is Cc1ccc(S(C)(=O)=O)cc1C(=O)NCCC1CCNC1. The fourth-order valence-corrected chi connectivity index (χ4v) is 3.17. The number of amides is 1. The third kappa shape index (κ3) is 4.28. The van der Waals surface area contributed by atoms with Crippen molar-refractivity contribution in [3.05, 3.63) is 29.3 Å². The Labute approximate surface area is 126 Å². The van der Waals surface area contributed by atoms with Crippen molar-refractivity contribution < 1.29 is 13.2 Å². The molecule has 1 fully saturated rings. The average molecular weight is 310 g/mol. The highest BCUT2D eigenvalue weighted by Gasteiger charge is 2.16. The largest absolute Gasteiger partial charge is 0.352 e. The standard InChI is InChI=1S/C15H22N2O3S/c1-11-3-4-13(21(2,19)20)9-14(11)15(18)17-8-6-12-5-7-16-10-12/h3-4,9,12,16H,5-8,10H2,1-2H3,(H,17,18). The molecule has 116 valence electrons. The summed E-state index contributed by atoms with van der Waals surface area (Å²) < 4.78 is 23.1. The molecule has 0 radical (unpaired) electrons. The Morgan fingerprint density at radius 1 is 1.43 bits per heavy atom. The minimum Gasteiger partial charge on any atom is -0.352 e. The van der Waals surface area contributed by atoms with E-state index in [1.165, 1.54) is 12.1 Å². The molecule has 1 aliphatic heterocycles. The molecule has 21 heavy (non-hydrogen) atoms. The van der Waals surface area contributed by atoms with Crippen molar-refractivity contribution in [1.29, 1.82) is 0 Å². The van der Waals surface area contributed by atoms with Crippen molar-refractivity contribution in [1.82, 2.24) is 10.6 Å². The molecule has 0 bridgehead atoms. The van der Waals surface area contributed by atoms with Gasteiger partial charge in [-0.25, -0.2) is 8.42 Å². The zero-order chi connectivity index (χ0) is 15.5. The number of rotatable bonds is 5. The number of sulfone groups is 1. The summed E-state index contributed by atoms with van der Waals surface area (Å²) in [4.78, 5) is 12.4. The van der Waals surface area contributed by atoms with Gasteiger partial charge in [-0.05, 0) is 56.5 Å². The molecule has 0 spiro atoms. The van der Waals surface area contributed by atoms with Gasteiger partial charge in [-0.15, -0.1) is 0 Å². The number of aryl methyl sites for hydroxylation is 1. The lowest BCUT2D eigenvalue weighted by molar-refractivity contribution is 0.0951. The van der Waals surface area contributed by atoms with Crippen molar-refractivity contribution in [3.8, 4) is 0 Å². The predicted molar refractivity (Wildman–Crippen MR) is 82.2 cm³/mol. The van der Waals surface area contributed by atoms with Gasteiger partial charge in [0.2, 0.25) is 0 Å². The molecule has 1 aromatic rings. The molecular weight excluding hydrogens is 288 g/mol. The molecule has 1 atom stereocenters. The maximum absolute atomic E-state index is 12.2. The molecular formula is C15H22N2O3S. The molecule has 2 rings (SSSR count). The zero-order valence-electron chi connectivity index (χ0n) is 12.5. The number of hydrogen-bond acceptors (Lipinski definition) is 4. The highest BCUT2D eigenvalue weighted by atomic mass is 32.2. The lowest BCUT2D eigenvalue weighted by Gasteiger charge is -2.11. The lowest BCUT2D eigenvalue weighted by atomic mass is 10.0. The summed E-state index contributed by atoms with van der Waals surface area (Å²) in [5.74, 6) is 0.415. The first kappa shape index (κ1) is 16.0. The fraction of sp³-hybridized carbons (Fsp3) is 0.533. The van der Waals surface area contributed by atoms with Gasteiger partial charge >= 0.3 is 0 Å². The van der Waals surface area contributed by atoms with E-state index in [4.69, 9.17) is 0 Å². The topological polar surface area (TPSA) is 75.3 Å². The Balaban J connectivity index is 2.01. The minimum atomic E-state index is -3.30. The fourth-order valence-electron chi connectivity index (χ4n) is 2.52. The summed E-state index contributed by atoms with van der Waals surface area (Å²) in [6, 6.07) is 4.66. The van der Waals surface area contributed by atoms with Gasteiger partial charge in [-0.2, -0.15) is 0 Å². The van der Waals surface area contributed by atoms with Crippen molar-refractivity contribution in [2.75, 3.05) is 25.9 Å². The maximum atomic E-state index is 12.2. The Kier molecular flexibility index (Phi) is 5.00. The predicted octanol–water partition coefficient (Wildman–Crippen LogP) is 1.13. The minimum absolute atomic E-state index is 0.179. The van der Waals surface area contributed by atoms with Crippen LogP contribution in [0.3, 0.4) is 0 Å². The molecule has 1 aromatic carbocycles. The summed E-state index contributed by atoms with van der Waals surface area (Å²) in [5.41, 5.74) is 1.21. The molecule has 1 amide bonds.